The van der Waals surface area contributed by atoms with Crippen molar-refractivity contribution in [2.75, 3.05) is 19.6 Å². The van der Waals surface area contributed by atoms with Gasteiger partial charge in [0.15, 0.2) is 0 Å². The molecule has 1 aliphatic rings. The Morgan fingerprint density at radius 2 is 1.95 bits per heavy atom. The third-order valence-corrected chi connectivity index (χ3v) is 3.84. The van der Waals surface area contributed by atoms with Crippen molar-refractivity contribution in [3.63, 3.8) is 0 Å². The molecule has 4 nitrogen and oxygen atoms in total. The Morgan fingerprint density at radius 3 is 2.86 bits per heavy atom. The highest BCUT2D eigenvalue weighted by atomic mass is 16.2. The third kappa shape index (κ3) is 3.05. The topological polar surface area (TPSA) is 49.4 Å². The maximum absolute atomic E-state index is 12.5. The summed E-state index contributed by atoms with van der Waals surface area (Å²) in [5.74, 6) is -0.0535. The Labute approximate surface area is 123 Å². The van der Waals surface area contributed by atoms with Crippen LogP contribution < -0.4 is 5.32 Å². The minimum Gasteiger partial charge on any atom is -0.354 e. The summed E-state index contributed by atoms with van der Waals surface area (Å²) in [6.07, 6.45) is 1.15. The van der Waals surface area contributed by atoms with Crippen LogP contribution in [0.5, 0.6) is 0 Å². The van der Waals surface area contributed by atoms with E-state index in [0.717, 1.165) is 22.8 Å². The van der Waals surface area contributed by atoms with E-state index in [1.807, 2.05) is 42.5 Å². The van der Waals surface area contributed by atoms with Crippen molar-refractivity contribution in [3.05, 3.63) is 48.0 Å². The molecule has 1 aliphatic heterocycles. The van der Waals surface area contributed by atoms with E-state index in [-0.39, 0.29) is 18.4 Å². The molecule has 1 N–H and O–H groups in total. The van der Waals surface area contributed by atoms with Gasteiger partial charge in [0.25, 0.3) is 0 Å². The molecule has 2 amide bonds. The second-order valence-corrected chi connectivity index (χ2v) is 5.33. The van der Waals surface area contributed by atoms with Crippen LogP contribution in [0.15, 0.2) is 42.5 Å². The Bertz CT molecular complexity index is 676. The van der Waals surface area contributed by atoms with Crippen LogP contribution >= 0.6 is 0 Å². The lowest BCUT2D eigenvalue weighted by atomic mass is 10.0. The van der Waals surface area contributed by atoms with Crippen LogP contribution in [0.2, 0.25) is 0 Å². The molecule has 0 atom stereocenters. The largest absolute Gasteiger partial charge is 0.354 e. The molecule has 21 heavy (non-hydrogen) atoms. The zero-order valence-corrected chi connectivity index (χ0v) is 11.8. The Kier molecular flexibility index (Phi) is 3.86. The molecule has 2 aromatic carbocycles. The van der Waals surface area contributed by atoms with Gasteiger partial charge >= 0.3 is 0 Å². The van der Waals surface area contributed by atoms with E-state index in [2.05, 4.69) is 5.32 Å². The lowest BCUT2D eigenvalue weighted by Gasteiger charge is -2.19. The van der Waals surface area contributed by atoms with Gasteiger partial charge in [-0.1, -0.05) is 42.5 Å². The van der Waals surface area contributed by atoms with Crippen molar-refractivity contribution in [3.8, 4) is 0 Å². The fraction of sp³-hybridized carbons (Fsp3) is 0.294. The lowest BCUT2D eigenvalue weighted by Crippen LogP contribution is -2.38. The van der Waals surface area contributed by atoms with E-state index in [1.54, 1.807) is 4.90 Å². The van der Waals surface area contributed by atoms with Crippen LogP contribution in [0.4, 0.5) is 0 Å². The minimum absolute atomic E-state index is 0.0170. The highest BCUT2D eigenvalue weighted by molar-refractivity contribution is 5.91. The SMILES string of the molecule is O=C1CN(C(=O)Cc2cccc3ccccc23)CCCN1. The molecular weight excluding hydrogens is 264 g/mol. The van der Waals surface area contributed by atoms with Gasteiger partial charge in [-0.15, -0.1) is 0 Å². The molecule has 0 aromatic heterocycles. The normalized spacial score (nSPS) is 15.6. The van der Waals surface area contributed by atoms with Gasteiger partial charge in [-0.2, -0.15) is 0 Å². The van der Waals surface area contributed by atoms with Crippen molar-refractivity contribution < 1.29 is 9.59 Å². The lowest BCUT2D eigenvalue weighted by molar-refractivity contribution is -0.134. The minimum atomic E-state index is -0.0706. The van der Waals surface area contributed by atoms with Crippen molar-refractivity contribution >= 4 is 22.6 Å². The first-order valence-corrected chi connectivity index (χ1v) is 7.25. The average molecular weight is 282 g/mol. The van der Waals surface area contributed by atoms with Gasteiger partial charge in [-0.3, -0.25) is 9.59 Å². The molecule has 108 valence electrons. The number of carbonyl (C=O) groups excluding carboxylic acids is 2. The molecular formula is C17H18N2O2. The quantitative estimate of drug-likeness (QED) is 0.912. The average Bonchev–Trinajstić information content (AvgIpc) is 2.72. The summed E-state index contributed by atoms with van der Waals surface area (Å²) in [6, 6.07) is 14.1. The van der Waals surface area contributed by atoms with Gasteiger partial charge in [0.05, 0.1) is 13.0 Å². The van der Waals surface area contributed by atoms with E-state index < -0.39 is 0 Å². The molecule has 1 saturated heterocycles. The molecule has 1 heterocycles. The molecule has 0 saturated carbocycles. The Hall–Kier alpha value is -2.36. The van der Waals surface area contributed by atoms with E-state index in [1.165, 1.54) is 0 Å². The van der Waals surface area contributed by atoms with Crippen LogP contribution in [-0.2, 0) is 16.0 Å². The first-order valence-electron chi connectivity index (χ1n) is 7.25. The number of benzene rings is 2. The first kappa shape index (κ1) is 13.6. The Morgan fingerprint density at radius 1 is 1.14 bits per heavy atom. The van der Waals surface area contributed by atoms with Crippen molar-refractivity contribution in [2.45, 2.75) is 12.8 Å². The zero-order valence-electron chi connectivity index (χ0n) is 11.8. The number of nitrogens with zero attached hydrogens (tertiary/aromatic N) is 1. The molecule has 0 aliphatic carbocycles. The number of rotatable bonds is 2. The van der Waals surface area contributed by atoms with E-state index in [4.69, 9.17) is 0 Å². The molecule has 0 bridgehead atoms. The molecule has 4 heteroatoms. The third-order valence-electron chi connectivity index (χ3n) is 3.84. The fourth-order valence-electron chi connectivity index (χ4n) is 2.74. The van der Waals surface area contributed by atoms with Gasteiger partial charge in [-0.05, 0) is 22.8 Å². The Balaban J connectivity index is 1.81. The highest BCUT2D eigenvalue weighted by Crippen LogP contribution is 2.19. The standard InChI is InChI=1S/C17H18N2O2/c20-16-12-19(10-4-9-18-16)17(21)11-14-7-3-6-13-5-1-2-8-15(13)14/h1-3,5-8H,4,9-12H2,(H,18,20). The summed E-state index contributed by atoms with van der Waals surface area (Å²) in [7, 11) is 0. The van der Waals surface area contributed by atoms with Gasteiger partial charge in [-0.25, -0.2) is 0 Å². The maximum atomic E-state index is 12.5. The number of hydrogen-bond acceptors (Lipinski definition) is 2. The summed E-state index contributed by atoms with van der Waals surface area (Å²) < 4.78 is 0. The summed E-state index contributed by atoms with van der Waals surface area (Å²) in [4.78, 5) is 25.7. The molecule has 3 rings (SSSR count). The molecule has 0 radical (unpaired) electrons. The van der Waals surface area contributed by atoms with E-state index in [9.17, 15) is 9.59 Å². The molecule has 0 unspecified atom stereocenters. The van der Waals surface area contributed by atoms with Crippen LogP contribution in [0.1, 0.15) is 12.0 Å². The van der Waals surface area contributed by atoms with Gasteiger partial charge in [0.1, 0.15) is 0 Å². The van der Waals surface area contributed by atoms with Crippen LogP contribution in [0.3, 0.4) is 0 Å². The number of fused-ring (bicyclic) bond motifs is 1. The number of carbonyl (C=O) groups is 2. The molecule has 1 fully saturated rings. The monoisotopic (exact) mass is 282 g/mol. The fourth-order valence-corrected chi connectivity index (χ4v) is 2.74. The summed E-state index contributed by atoms with van der Waals surface area (Å²) in [6.45, 7) is 1.46. The summed E-state index contributed by atoms with van der Waals surface area (Å²) in [5.41, 5.74) is 1.02. The van der Waals surface area contributed by atoms with Crippen molar-refractivity contribution in [1.82, 2.24) is 10.2 Å². The predicted molar refractivity (Wildman–Crippen MR) is 81.9 cm³/mol. The van der Waals surface area contributed by atoms with Gasteiger partial charge < -0.3 is 10.2 Å². The number of nitrogens with one attached hydrogen (secondary N) is 1. The first-order chi connectivity index (χ1) is 10.2. The molecule has 0 spiro atoms. The molecule has 2 aromatic rings. The van der Waals surface area contributed by atoms with E-state index in [0.29, 0.717) is 19.5 Å². The van der Waals surface area contributed by atoms with Crippen LogP contribution in [0.25, 0.3) is 10.8 Å². The van der Waals surface area contributed by atoms with Gasteiger partial charge in [0.2, 0.25) is 11.8 Å². The predicted octanol–water partition coefficient (Wildman–Crippen LogP) is 1.73. The summed E-state index contributed by atoms with van der Waals surface area (Å²) >= 11 is 0. The summed E-state index contributed by atoms with van der Waals surface area (Å²) in [5, 5.41) is 5.03. The second kappa shape index (κ2) is 5.95. The number of hydrogen-bond donors (Lipinski definition) is 1. The highest BCUT2D eigenvalue weighted by Gasteiger charge is 2.20. The second-order valence-electron chi connectivity index (χ2n) is 5.33. The maximum Gasteiger partial charge on any atom is 0.239 e. The van der Waals surface area contributed by atoms with Crippen LogP contribution in [0, 0.1) is 0 Å². The smallest absolute Gasteiger partial charge is 0.239 e. The van der Waals surface area contributed by atoms with E-state index >= 15 is 0 Å². The van der Waals surface area contributed by atoms with Crippen molar-refractivity contribution in [1.29, 1.82) is 0 Å². The van der Waals surface area contributed by atoms with Crippen molar-refractivity contribution in [2.24, 2.45) is 0 Å². The zero-order chi connectivity index (χ0) is 14.7. The van der Waals surface area contributed by atoms with Gasteiger partial charge in [0, 0.05) is 13.1 Å². The van der Waals surface area contributed by atoms with Crippen LogP contribution in [-0.4, -0.2) is 36.3 Å². The number of amides is 2.